The maximum atomic E-state index is 10.6. The van der Waals surface area contributed by atoms with Crippen LogP contribution in [-0.4, -0.2) is 8.42 Å². The van der Waals surface area contributed by atoms with E-state index in [1.165, 1.54) is 11.3 Å². The third kappa shape index (κ3) is 2.99. The Morgan fingerprint density at radius 1 is 1.55 bits per heavy atom. The molecule has 0 fully saturated rings. The topological polar surface area (TPSA) is 34.1 Å². The lowest BCUT2D eigenvalue weighted by Crippen LogP contribution is -1.92. The minimum atomic E-state index is -3.47. The highest BCUT2D eigenvalue weighted by Gasteiger charge is 2.10. The summed E-state index contributed by atoms with van der Waals surface area (Å²) in [6.07, 6.45) is 0. The molecular formula is C5H4Cl2O2S2. The fourth-order valence-electron chi connectivity index (χ4n) is 0.585. The van der Waals surface area contributed by atoms with E-state index in [0.717, 1.165) is 0 Å². The molecule has 0 aliphatic rings. The zero-order valence-corrected chi connectivity index (χ0v) is 8.40. The minimum Gasteiger partial charge on any atom is -0.212 e. The van der Waals surface area contributed by atoms with E-state index < -0.39 is 9.05 Å². The molecule has 1 aromatic heterocycles. The van der Waals surface area contributed by atoms with Gasteiger partial charge in [0.15, 0.2) is 0 Å². The molecule has 0 unspecified atom stereocenters. The quantitative estimate of drug-likeness (QED) is 0.732. The highest BCUT2D eigenvalue weighted by Crippen LogP contribution is 2.24. The molecule has 0 saturated heterocycles. The zero-order valence-electron chi connectivity index (χ0n) is 5.25. The van der Waals surface area contributed by atoms with Gasteiger partial charge in [0.1, 0.15) is 5.75 Å². The van der Waals surface area contributed by atoms with Crippen molar-refractivity contribution in [2.24, 2.45) is 0 Å². The maximum absolute atomic E-state index is 10.6. The summed E-state index contributed by atoms with van der Waals surface area (Å²) in [5, 5.41) is 2.18. The number of hydrogen-bond acceptors (Lipinski definition) is 3. The van der Waals surface area contributed by atoms with Crippen molar-refractivity contribution in [3.63, 3.8) is 0 Å². The maximum Gasteiger partial charge on any atom is 0.237 e. The van der Waals surface area contributed by atoms with Gasteiger partial charge in [-0.05, 0) is 11.4 Å². The van der Waals surface area contributed by atoms with E-state index in [1.807, 2.05) is 0 Å². The lowest BCUT2D eigenvalue weighted by atomic mass is 10.5. The predicted octanol–water partition coefficient (Wildman–Crippen LogP) is 2.47. The molecule has 2 nitrogen and oxygen atoms in total. The first-order chi connectivity index (χ1) is 4.99. The molecule has 11 heavy (non-hydrogen) atoms. The van der Waals surface area contributed by atoms with Crippen molar-refractivity contribution < 1.29 is 8.42 Å². The second-order valence-corrected chi connectivity index (χ2v) is 6.06. The summed E-state index contributed by atoms with van der Waals surface area (Å²) < 4.78 is 21.1. The Kier molecular flexibility index (Phi) is 2.80. The Bertz CT molecular complexity index is 341. The first-order valence-electron chi connectivity index (χ1n) is 2.63. The second kappa shape index (κ2) is 3.31. The fourth-order valence-corrected chi connectivity index (χ4v) is 3.28. The molecule has 0 bridgehead atoms. The van der Waals surface area contributed by atoms with Crippen LogP contribution in [-0.2, 0) is 14.8 Å². The fraction of sp³-hybridized carbons (Fsp3) is 0.200. The van der Waals surface area contributed by atoms with E-state index in [4.69, 9.17) is 22.3 Å². The predicted molar refractivity (Wildman–Crippen MR) is 47.8 cm³/mol. The van der Waals surface area contributed by atoms with E-state index in [0.29, 0.717) is 9.90 Å². The van der Waals surface area contributed by atoms with Crippen LogP contribution in [0.25, 0.3) is 0 Å². The van der Waals surface area contributed by atoms with E-state index in [-0.39, 0.29) is 5.75 Å². The highest BCUT2D eigenvalue weighted by atomic mass is 35.7. The summed E-state index contributed by atoms with van der Waals surface area (Å²) in [6.45, 7) is 0. The Hall–Kier alpha value is 0.230. The van der Waals surface area contributed by atoms with Crippen LogP contribution in [0.3, 0.4) is 0 Å². The first-order valence-corrected chi connectivity index (χ1v) is 6.37. The molecule has 1 heterocycles. The molecule has 0 spiro atoms. The molecule has 62 valence electrons. The van der Waals surface area contributed by atoms with E-state index in [2.05, 4.69) is 0 Å². The largest absolute Gasteiger partial charge is 0.237 e. The summed E-state index contributed by atoms with van der Waals surface area (Å²) >= 11 is 6.91. The second-order valence-electron chi connectivity index (χ2n) is 1.87. The molecule has 1 rings (SSSR count). The van der Waals surface area contributed by atoms with Gasteiger partial charge >= 0.3 is 0 Å². The van der Waals surface area contributed by atoms with Crippen LogP contribution >= 0.6 is 33.6 Å². The van der Waals surface area contributed by atoms with Crippen molar-refractivity contribution in [3.8, 4) is 0 Å². The van der Waals surface area contributed by atoms with Gasteiger partial charge in [0, 0.05) is 15.6 Å². The van der Waals surface area contributed by atoms with Crippen molar-refractivity contribution in [1.29, 1.82) is 0 Å². The Labute approximate surface area is 78.2 Å². The molecule has 0 amide bonds. The summed E-state index contributed by atoms with van der Waals surface area (Å²) in [5.74, 6) is -0.189. The summed E-state index contributed by atoms with van der Waals surface area (Å²) in [6, 6.07) is 1.64. The van der Waals surface area contributed by atoms with E-state index in [1.54, 1.807) is 11.4 Å². The molecule has 0 N–H and O–H groups in total. The normalized spacial score (nSPS) is 11.8. The van der Waals surface area contributed by atoms with Gasteiger partial charge in [-0.25, -0.2) is 8.42 Å². The highest BCUT2D eigenvalue weighted by molar-refractivity contribution is 8.13. The average molecular weight is 231 g/mol. The van der Waals surface area contributed by atoms with Crippen molar-refractivity contribution in [2.75, 3.05) is 0 Å². The monoisotopic (exact) mass is 230 g/mol. The van der Waals surface area contributed by atoms with Crippen LogP contribution in [0, 0.1) is 0 Å². The summed E-state index contributed by atoms with van der Waals surface area (Å²) in [4.78, 5) is 0.585. The molecular weight excluding hydrogens is 227 g/mol. The molecule has 0 radical (unpaired) electrons. The van der Waals surface area contributed by atoms with Gasteiger partial charge in [0.2, 0.25) is 9.05 Å². The minimum absolute atomic E-state index is 0.189. The van der Waals surface area contributed by atoms with Crippen LogP contribution in [0.4, 0.5) is 0 Å². The third-order valence-corrected chi connectivity index (χ3v) is 3.53. The molecule has 0 atom stereocenters. The number of rotatable bonds is 2. The molecule has 0 aliphatic heterocycles. The number of halogens is 2. The summed E-state index contributed by atoms with van der Waals surface area (Å²) in [7, 11) is 1.55. The van der Waals surface area contributed by atoms with Gasteiger partial charge in [-0.3, -0.25) is 0 Å². The SMILES string of the molecule is O=S(=O)(Cl)Cc1sccc1Cl. The van der Waals surface area contributed by atoms with Gasteiger partial charge in [-0.1, -0.05) is 11.6 Å². The Morgan fingerprint density at radius 2 is 2.18 bits per heavy atom. The van der Waals surface area contributed by atoms with Gasteiger partial charge < -0.3 is 0 Å². The van der Waals surface area contributed by atoms with Gasteiger partial charge in [0.05, 0.1) is 5.02 Å². The van der Waals surface area contributed by atoms with Gasteiger partial charge in [-0.2, -0.15) is 0 Å². The Balaban J connectivity index is 2.89. The number of hydrogen-bond donors (Lipinski definition) is 0. The standard InChI is InChI=1S/C5H4Cl2O2S2/c6-4-1-2-10-5(4)3-11(7,8)9/h1-2H,3H2. The van der Waals surface area contributed by atoms with Crippen LogP contribution in [0.15, 0.2) is 11.4 Å². The lowest BCUT2D eigenvalue weighted by molar-refractivity contribution is 0.609. The zero-order chi connectivity index (χ0) is 8.48. The molecule has 0 saturated carbocycles. The lowest BCUT2D eigenvalue weighted by Gasteiger charge is -1.91. The van der Waals surface area contributed by atoms with Crippen LogP contribution in [0.5, 0.6) is 0 Å². The van der Waals surface area contributed by atoms with Crippen LogP contribution in [0.1, 0.15) is 4.88 Å². The van der Waals surface area contributed by atoms with E-state index in [9.17, 15) is 8.42 Å². The molecule has 0 aromatic carbocycles. The molecule has 6 heteroatoms. The van der Waals surface area contributed by atoms with Crippen molar-refractivity contribution in [3.05, 3.63) is 21.3 Å². The van der Waals surface area contributed by atoms with Crippen molar-refractivity contribution in [1.82, 2.24) is 0 Å². The smallest absolute Gasteiger partial charge is 0.212 e. The van der Waals surface area contributed by atoms with Gasteiger partial charge in [0.25, 0.3) is 0 Å². The molecule has 1 aromatic rings. The Morgan fingerprint density at radius 3 is 2.55 bits per heavy atom. The summed E-state index contributed by atoms with van der Waals surface area (Å²) in [5.41, 5.74) is 0. The van der Waals surface area contributed by atoms with Crippen molar-refractivity contribution in [2.45, 2.75) is 5.75 Å². The van der Waals surface area contributed by atoms with E-state index >= 15 is 0 Å². The third-order valence-electron chi connectivity index (χ3n) is 0.995. The van der Waals surface area contributed by atoms with Crippen LogP contribution in [0.2, 0.25) is 5.02 Å². The molecule has 0 aliphatic carbocycles. The number of thiophene rings is 1. The first kappa shape index (κ1) is 9.32. The van der Waals surface area contributed by atoms with Gasteiger partial charge in [-0.15, -0.1) is 11.3 Å². The average Bonchev–Trinajstić information content (AvgIpc) is 2.12. The van der Waals surface area contributed by atoms with Crippen LogP contribution < -0.4 is 0 Å². The van der Waals surface area contributed by atoms with Crippen molar-refractivity contribution >= 4 is 42.7 Å².